The maximum atomic E-state index is 9.86. The Morgan fingerprint density at radius 2 is 2.19 bits per heavy atom. The van der Waals surface area contributed by atoms with Crippen LogP contribution in [0.25, 0.3) is 10.9 Å². The van der Waals surface area contributed by atoms with Crippen LogP contribution in [-0.2, 0) is 0 Å². The van der Waals surface area contributed by atoms with Crippen molar-refractivity contribution in [2.24, 2.45) is 10.9 Å². The summed E-state index contributed by atoms with van der Waals surface area (Å²) in [7, 11) is 0. The van der Waals surface area contributed by atoms with Crippen LogP contribution in [-0.4, -0.2) is 40.3 Å². The van der Waals surface area contributed by atoms with Gasteiger partial charge >= 0.3 is 0 Å². The molecule has 6 heteroatoms. The molecule has 21 heavy (non-hydrogen) atoms. The van der Waals surface area contributed by atoms with Crippen LogP contribution in [0.15, 0.2) is 35.5 Å². The number of para-hydroxylation sites is 1. The Balaban J connectivity index is 2.13. The van der Waals surface area contributed by atoms with Crippen molar-refractivity contribution in [1.82, 2.24) is 4.98 Å². The highest BCUT2D eigenvalue weighted by molar-refractivity contribution is 6.04. The fourth-order valence-electron chi connectivity index (χ4n) is 2.74. The number of hydrogen-bond acceptors (Lipinski definition) is 5. The van der Waals surface area contributed by atoms with E-state index in [1.165, 1.54) is 0 Å². The first-order valence-corrected chi connectivity index (χ1v) is 6.99. The molecule has 1 aliphatic rings. The molecule has 1 fully saturated rings. The van der Waals surface area contributed by atoms with Crippen LogP contribution in [0.5, 0.6) is 0 Å². The lowest BCUT2D eigenvalue weighted by atomic mass is 10.1. The first kappa shape index (κ1) is 13.6. The molecule has 1 unspecified atom stereocenters. The van der Waals surface area contributed by atoms with Gasteiger partial charge in [0.25, 0.3) is 0 Å². The van der Waals surface area contributed by atoms with Gasteiger partial charge in [-0.25, -0.2) is 4.98 Å². The van der Waals surface area contributed by atoms with Crippen molar-refractivity contribution in [3.05, 3.63) is 35.9 Å². The van der Waals surface area contributed by atoms with E-state index < -0.39 is 0 Å². The molecule has 0 saturated carbocycles. The summed E-state index contributed by atoms with van der Waals surface area (Å²) < 4.78 is 0. The second kappa shape index (κ2) is 5.57. The number of aliphatic hydroxyl groups is 1. The molecule has 1 aliphatic heterocycles. The molecule has 0 spiro atoms. The molecule has 1 aromatic heterocycles. The van der Waals surface area contributed by atoms with Crippen molar-refractivity contribution in [2.75, 3.05) is 18.0 Å². The average molecular weight is 286 g/mol. The highest BCUT2D eigenvalue weighted by atomic mass is 16.4. The molecule has 0 bridgehead atoms. The molecule has 1 atom stereocenters. The van der Waals surface area contributed by atoms with Gasteiger partial charge in [0.05, 0.1) is 17.2 Å². The topological polar surface area (TPSA) is 95.0 Å². The SMILES string of the molecule is NC(=NO)c1cc2ccccc2nc1N1CCCC(O)C1. The predicted octanol–water partition coefficient (Wildman–Crippen LogP) is 1.29. The number of oxime groups is 1. The van der Waals surface area contributed by atoms with E-state index in [1.54, 1.807) is 0 Å². The van der Waals surface area contributed by atoms with Crippen LogP contribution < -0.4 is 10.6 Å². The number of aliphatic hydroxyl groups excluding tert-OH is 1. The van der Waals surface area contributed by atoms with Crippen molar-refractivity contribution in [3.63, 3.8) is 0 Å². The standard InChI is InChI=1S/C15H18N4O2/c16-14(18-21)12-8-10-4-1-2-6-13(10)17-15(12)19-7-3-5-11(20)9-19/h1-2,4,6,8,11,20-21H,3,5,7,9H2,(H2,16,18). The summed E-state index contributed by atoms with van der Waals surface area (Å²) in [6, 6.07) is 9.58. The number of rotatable bonds is 2. The fraction of sp³-hybridized carbons (Fsp3) is 0.333. The number of hydrogen-bond donors (Lipinski definition) is 3. The smallest absolute Gasteiger partial charge is 0.173 e. The number of nitrogens with zero attached hydrogens (tertiary/aromatic N) is 3. The average Bonchev–Trinajstić information content (AvgIpc) is 2.53. The Morgan fingerprint density at radius 3 is 2.95 bits per heavy atom. The second-order valence-corrected chi connectivity index (χ2v) is 5.28. The third-order valence-corrected chi connectivity index (χ3v) is 3.78. The highest BCUT2D eigenvalue weighted by Gasteiger charge is 2.23. The van der Waals surface area contributed by atoms with Crippen molar-refractivity contribution >= 4 is 22.6 Å². The molecule has 110 valence electrons. The van der Waals surface area contributed by atoms with Gasteiger partial charge in [0.1, 0.15) is 5.82 Å². The Bertz CT molecular complexity index is 686. The number of pyridine rings is 1. The number of aromatic nitrogens is 1. The van der Waals surface area contributed by atoms with E-state index >= 15 is 0 Å². The molecule has 0 aliphatic carbocycles. The Kier molecular flexibility index (Phi) is 3.62. The molecule has 2 heterocycles. The molecule has 1 aromatic carbocycles. The van der Waals surface area contributed by atoms with E-state index in [0.717, 1.165) is 30.3 Å². The summed E-state index contributed by atoms with van der Waals surface area (Å²) >= 11 is 0. The van der Waals surface area contributed by atoms with Crippen molar-refractivity contribution < 1.29 is 10.3 Å². The van der Waals surface area contributed by atoms with Gasteiger partial charge in [0.2, 0.25) is 0 Å². The minimum atomic E-state index is -0.368. The van der Waals surface area contributed by atoms with Gasteiger partial charge in [-0.2, -0.15) is 0 Å². The second-order valence-electron chi connectivity index (χ2n) is 5.28. The zero-order valence-corrected chi connectivity index (χ0v) is 11.6. The van der Waals surface area contributed by atoms with Gasteiger partial charge in [0, 0.05) is 18.5 Å². The molecule has 6 nitrogen and oxygen atoms in total. The number of β-amino-alcohol motifs (C(OH)–C–C–N with tert-alkyl or cyclic N) is 1. The van der Waals surface area contributed by atoms with Crippen molar-refractivity contribution in [2.45, 2.75) is 18.9 Å². The largest absolute Gasteiger partial charge is 0.409 e. The van der Waals surface area contributed by atoms with Crippen LogP contribution in [0.1, 0.15) is 18.4 Å². The molecule has 0 radical (unpaired) electrons. The summed E-state index contributed by atoms with van der Waals surface area (Å²) in [4.78, 5) is 6.64. The first-order valence-electron chi connectivity index (χ1n) is 6.99. The van der Waals surface area contributed by atoms with Crippen LogP contribution in [0.4, 0.5) is 5.82 Å². The molecule has 3 rings (SSSR count). The summed E-state index contributed by atoms with van der Waals surface area (Å²) in [5.74, 6) is 0.686. The van der Waals surface area contributed by atoms with Gasteiger partial charge in [0.15, 0.2) is 5.84 Å². The Morgan fingerprint density at radius 1 is 1.38 bits per heavy atom. The first-order chi connectivity index (χ1) is 10.2. The summed E-state index contributed by atoms with van der Waals surface area (Å²) in [5.41, 5.74) is 7.24. The van der Waals surface area contributed by atoms with Crippen LogP contribution in [0.2, 0.25) is 0 Å². The minimum absolute atomic E-state index is 0.0308. The van der Waals surface area contributed by atoms with E-state index in [4.69, 9.17) is 10.9 Å². The molecule has 4 N–H and O–H groups in total. The summed E-state index contributed by atoms with van der Waals surface area (Å²) in [5, 5.41) is 22.9. The third-order valence-electron chi connectivity index (χ3n) is 3.78. The Labute approximate surface area is 122 Å². The van der Waals surface area contributed by atoms with E-state index in [9.17, 15) is 5.11 Å². The van der Waals surface area contributed by atoms with Crippen molar-refractivity contribution in [3.8, 4) is 0 Å². The van der Waals surface area contributed by atoms with E-state index in [2.05, 4.69) is 10.1 Å². The molecular formula is C15H18N4O2. The number of anilines is 1. The predicted molar refractivity (Wildman–Crippen MR) is 81.7 cm³/mol. The molecule has 1 saturated heterocycles. The lowest BCUT2D eigenvalue weighted by Crippen LogP contribution is -2.40. The molecule has 2 aromatic rings. The van der Waals surface area contributed by atoms with Gasteiger partial charge < -0.3 is 20.9 Å². The zero-order chi connectivity index (χ0) is 14.8. The quantitative estimate of drug-likeness (QED) is 0.335. The van der Waals surface area contributed by atoms with Gasteiger partial charge in [-0.15, -0.1) is 0 Å². The number of benzene rings is 1. The maximum Gasteiger partial charge on any atom is 0.173 e. The number of piperidine rings is 1. The lowest BCUT2D eigenvalue weighted by molar-refractivity contribution is 0.154. The molecular weight excluding hydrogens is 268 g/mol. The summed E-state index contributed by atoms with van der Waals surface area (Å²) in [6.45, 7) is 1.31. The highest BCUT2D eigenvalue weighted by Crippen LogP contribution is 2.26. The van der Waals surface area contributed by atoms with Crippen molar-refractivity contribution in [1.29, 1.82) is 0 Å². The maximum absolute atomic E-state index is 9.86. The normalized spacial score (nSPS) is 20.0. The molecule has 0 amide bonds. The fourth-order valence-corrected chi connectivity index (χ4v) is 2.74. The number of amidine groups is 1. The van der Waals surface area contributed by atoms with E-state index in [0.29, 0.717) is 17.9 Å². The monoisotopic (exact) mass is 286 g/mol. The van der Waals surface area contributed by atoms with Gasteiger partial charge in [-0.05, 0) is 25.0 Å². The van der Waals surface area contributed by atoms with E-state index in [1.807, 2.05) is 35.2 Å². The minimum Gasteiger partial charge on any atom is -0.409 e. The van der Waals surface area contributed by atoms with Crippen LogP contribution in [0, 0.1) is 0 Å². The van der Waals surface area contributed by atoms with Crippen LogP contribution in [0.3, 0.4) is 0 Å². The summed E-state index contributed by atoms with van der Waals surface area (Å²) in [6.07, 6.45) is 1.32. The third kappa shape index (κ3) is 2.62. The zero-order valence-electron chi connectivity index (χ0n) is 11.6. The van der Waals surface area contributed by atoms with Gasteiger partial charge in [-0.1, -0.05) is 23.4 Å². The Hall–Kier alpha value is -2.34. The number of nitrogens with two attached hydrogens (primary N) is 1. The van der Waals surface area contributed by atoms with E-state index in [-0.39, 0.29) is 11.9 Å². The van der Waals surface area contributed by atoms with Gasteiger partial charge in [-0.3, -0.25) is 0 Å². The lowest BCUT2D eigenvalue weighted by Gasteiger charge is -2.32. The number of fused-ring (bicyclic) bond motifs is 1. The van der Waals surface area contributed by atoms with Crippen LogP contribution >= 0.6 is 0 Å².